The number of guanidine groups is 1. The van der Waals surface area contributed by atoms with Crippen LogP contribution in [0.25, 0.3) is 0 Å². The van der Waals surface area contributed by atoms with E-state index >= 15 is 0 Å². The van der Waals surface area contributed by atoms with Gasteiger partial charge in [0.25, 0.3) is 0 Å². The molecule has 1 aliphatic rings. The second-order valence-corrected chi connectivity index (χ2v) is 6.52. The summed E-state index contributed by atoms with van der Waals surface area (Å²) in [6, 6.07) is 8.16. The molecular formula is C19H33IN4O. The van der Waals surface area contributed by atoms with Crippen LogP contribution in [0, 0.1) is 5.92 Å². The number of aliphatic imine (C=N–C) groups is 1. The highest BCUT2D eigenvalue weighted by Gasteiger charge is 2.16. The standard InChI is InChI=1S/C19H32N4O.HI/c1-20-19(21-12-8-16-10-14-23(2)15-11-16)22-13-9-17-6-4-5-7-18(17)24-3;/h4-7,16H,8-15H2,1-3H3,(H2,20,21,22);1H. The third-order valence-electron chi connectivity index (χ3n) is 4.79. The molecule has 2 N–H and O–H groups in total. The summed E-state index contributed by atoms with van der Waals surface area (Å²) < 4.78 is 5.39. The SMILES string of the molecule is CN=C(NCCc1ccccc1OC)NCCC1CCN(C)CC1.I. The number of methoxy groups -OCH3 is 1. The van der Waals surface area contributed by atoms with Crippen molar-refractivity contribution in [3.63, 3.8) is 0 Å². The molecular weight excluding hydrogens is 427 g/mol. The normalized spacial score (nSPS) is 16.2. The van der Waals surface area contributed by atoms with E-state index in [1.54, 1.807) is 7.11 Å². The lowest BCUT2D eigenvalue weighted by Crippen LogP contribution is -2.39. The van der Waals surface area contributed by atoms with Crippen LogP contribution >= 0.6 is 24.0 Å². The molecule has 1 heterocycles. The van der Waals surface area contributed by atoms with E-state index in [9.17, 15) is 0 Å². The van der Waals surface area contributed by atoms with Gasteiger partial charge in [0.2, 0.25) is 0 Å². The van der Waals surface area contributed by atoms with E-state index in [-0.39, 0.29) is 24.0 Å². The average molecular weight is 460 g/mol. The Morgan fingerprint density at radius 1 is 1.20 bits per heavy atom. The highest BCUT2D eigenvalue weighted by atomic mass is 127. The summed E-state index contributed by atoms with van der Waals surface area (Å²) in [6.07, 6.45) is 4.77. The van der Waals surface area contributed by atoms with Gasteiger partial charge < -0.3 is 20.3 Å². The summed E-state index contributed by atoms with van der Waals surface area (Å²) >= 11 is 0. The van der Waals surface area contributed by atoms with E-state index in [0.717, 1.165) is 37.1 Å². The molecule has 2 rings (SSSR count). The number of hydrogen-bond acceptors (Lipinski definition) is 3. The summed E-state index contributed by atoms with van der Waals surface area (Å²) in [4.78, 5) is 6.73. The number of rotatable bonds is 7. The fourth-order valence-electron chi connectivity index (χ4n) is 3.19. The second-order valence-electron chi connectivity index (χ2n) is 6.52. The lowest BCUT2D eigenvalue weighted by atomic mass is 9.94. The third kappa shape index (κ3) is 7.81. The zero-order valence-corrected chi connectivity index (χ0v) is 18.1. The van der Waals surface area contributed by atoms with Crippen LogP contribution < -0.4 is 15.4 Å². The molecule has 25 heavy (non-hydrogen) atoms. The summed E-state index contributed by atoms with van der Waals surface area (Å²) in [7, 11) is 5.76. The van der Waals surface area contributed by atoms with Gasteiger partial charge in [-0.1, -0.05) is 18.2 Å². The molecule has 0 spiro atoms. The van der Waals surface area contributed by atoms with Gasteiger partial charge in [0, 0.05) is 20.1 Å². The van der Waals surface area contributed by atoms with Gasteiger partial charge in [0.05, 0.1) is 7.11 Å². The molecule has 1 fully saturated rings. The molecule has 0 bridgehead atoms. The molecule has 0 aromatic heterocycles. The van der Waals surface area contributed by atoms with Crippen molar-refractivity contribution < 1.29 is 4.74 Å². The molecule has 1 aliphatic heterocycles. The number of para-hydroxylation sites is 1. The fourth-order valence-corrected chi connectivity index (χ4v) is 3.19. The molecule has 0 aliphatic carbocycles. The van der Waals surface area contributed by atoms with Crippen LogP contribution in [0.4, 0.5) is 0 Å². The van der Waals surface area contributed by atoms with Crippen molar-refractivity contribution in [1.82, 2.24) is 15.5 Å². The van der Waals surface area contributed by atoms with Gasteiger partial charge >= 0.3 is 0 Å². The second kappa shape index (κ2) is 12.4. The van der Waals surface area contributed by atoms with Crippen LogP contribution in [-0.4, -0.2) is 58.2 Å². The minimum absolute atomic E-state index is 0. The maximum Gasteiger partial charge on any atom is 0.190 e. The van der Waals surface area contributed by atoms with Crippen molar-refractivity contribution in [3.8, 4) is 5.75 Å². The van der Waals surface area contributed by atoms with E-state index in [4.69, 9.17) is 4.74 Å². The highest BCUT2D eigenvalue weighted by Crippen LogP contribution is 2.19. The first kappa shape index (κ1) is 22.0. The van der Waals surface area contributed by atoms with Gasteiger partial charge in [-0.3, -0.25) is 4.99 Å². The van der Waals surface area contributed by atoms with Crippen molar-refractivity contribution >= 4 is 29.9 Å². The molecule has 6 heteroatoms. The van der Waals surface area contributed by atoms with E-state index < -0.39 is 0 Å². The molecule has 0 saturated carbocycles. The first-order valence-corrected chi connectivity index (χ1v) is 8.98. The molecule has 5 nitrogen and oxygen atoms in total. The number of nitrogens with one attached hydrogen (secondary N) is 2. The van der Waals surface area contributed by atoms with Gasteiger partial charge in [0.1, 0.15) is 5.75 Å². The Labute approximate surface area is 169 Å². The van der Waals surface area contributed by atoms with Crippen LogP contribution in [0.15, 0.2) is 29.3 Å². The zero-order chi connectivity index (χ0) is 17.2. The monoisotopic (exact) mass is 460 g/mol. The molecule has 0 radical (unpaired) electrons. The minimum atomic E-state index is 0. The Bertz CT molecular complexity index is 516. The van der Waals surface area contributed by atoms with Crippen LogP contribution in [0.5, 0.6) is 5.75 Å². The Hall–Kier alpha value is -1.02. The van der Waals surface area contributed by atoms with Crippen molar-refractivity contribution in [2.24, 2.45) is 10.9 Å². The highest BCUT2D eigenvalue weighted by molar-refractivity contribution is 14.0. The smallest absolute Gasteiger partial charge is 0.190 e. The molecule has 0 unspecified atom stereocenters. The fraction of sp³-hybridized carbons (Fsp3) is 0.632. The predicted molar refractivity (Wildman–Crippen MR) is 116 cm³/mol. The van der Waals surface area contributed by atoms with Crippen LogP contribution in [0.1, 0.15) is 24.8 Å². The van der Waals surface area contributed by atoms with E-state index in [1.165, 1.54) is 37.9 Å². The molecule has 1 aromatic rings. The number of piperidine rings is 1. The maximum absolute atomic E-state index is 5.39. The van der Waals surface area contributed by atoms with Gasteiger partial charge in [-0.2, -0.15) is 0 Å². The van der Waals surface area contributed by atoms with E-state index in [2.05, 4.69) is 33.6 Å². The number of benzene rings is 1. The predicted octanol–water partition coefficient (Wildman–Crippen LogP) is 2.75. The first-order valence-electron chi connectivity index (χ1n) is 8.98. The Morgan fingerprint density at radius 2 is 1.88 bits per heavy atom. The van der Waals surface area contributed by atoms with Gasteiger partial charge in [-0.25, -0.2) is 0 Å². The first-order chi connectivity index (χ1) is 11.7. The molecule has 0 atom stereocenters. The molecule has 142 valence electrons. The summed E-state index contributed by atoms with van der Waals surface area (Å²) in [5, 5.41) is 6.83. The maximum atomic E-state index is 5.39. The van der Waals surface area contributed by atoms with Crippen LogP contribution in [-0.2, 0) is 6.42 Å². The summed E-state index contributed by atoms with van der Waals surface area (Å²) in [5.41, 5.74) is 1.22. The Kier molecular flexibility index (Phi) is 10.9. The van der Waals surface area contributed by atoms with E-state index in [0.29, 0.717) is 0 Å². The number of nitrogens with zero attached hydrogens (tertiary/aromatic N) is 2. The Morgan fingerprint density at radius 3 is 2.56 bits per heavy atom. The van der Waals surface area contributed by atoms with Gasteiger partial charge in [-0.15, -0.1) is 24.0 Å². The van der Waals surface area contributed by atoms with Crippen molar-refractivity contribution in [2.75, 3.05) is 47.4 Å². The lowest BCUT2D eigenvalue weighted by molar-refractivity contribution is 0.213. The van der Waals surface area contributed by atoms with Crippen LogP contribution in [0.2, 0.25) is 0 Å². The number of hydrogen-bond donors (Lipinski definition) is 2. The quantitative estimate of drug-likeness (QED) is 0.373. The van der Waals surface area contributed by atoms with Crippen molar-refractivity contribution in [1.29, 1.82) is 0 Å². The zero-order valence-electron chi connectivity index (χ0n) is 15.8. The Balaban J connectivity index is 0.00000312. The van der Waals surface area contributed by atoms with Crippen molar-refractivity contribution in [3.05, 3.63) is 29.8 Å². The van der Waals surface area contributed by atoms with Gasteiger partial charge in [0.15, 0.2) is 5.96 Å². The number of likely N-dealkylation sites (tertiary alicyclic amines) is 1. The van der Waals surface area contributed by atoms with E-state index in [1.807, 2.05) is 25.2 Å². The van der Waals surface area contributed by atoms with Crippen molar-refractivity contribution in [2.45, 2.75) is 25.7 Å². The number of halogens is 1. The molecule has 0 amide bonds. The third-order valence-corrected chi connectivity index (χ3v) is 4.79. The lowest BCUT2D eigenvalue weighted by Gasteiger charge is -2.29. The minimum Gasteiger partial charge on any atom is -0.496 e. The largest absolute Gasteiger partial charge is 0.496 e. The topological polar surface area (TPSA) is 48.9 Å². The summed E-state index contributed by atoms with van der Waals surface area (Å²) in [6.45, 7) is 4.30. The molecule has 1 aromatic carbocycles. The van der Waals surface area contributed by atoms with Gasteiger partial charge in [-0.05, 0) is 63.4 Å². The number of ether oxygens (including phenoxy) is 1. The van der Waals surface area contributed by atoms with Crippen LogP contribution in [0.3, 0.4) is 0 Å². The average Bonchev–Trinajstić information content (AvgIpc) is 2.62. The molecule has 1 saturated heterocycles. The summed E-state index contributed by atoms with van der Waals surface area (Å²) in [5.74, 6) is 2.68.